The fourth-order valence-corrected chi connectivity index (χ4v) is 4.85. The monoisotopic (exact) mass is 369 g/mol. The minimum absolute atomic E-state index is 0.0222. The van der Waals surface area contributed by atoms with Crippen molar-refractivity contribution < 1.29 is 14.6 Å². The fourth-order valence-electron chi connectivity index (χ4n) is 4.85. The van der Waals surface area contributed by atoms with Gasteiger partial charge in [-0.2, -0.15) is 0 Å². The van der Waals surface area contributed by atoms with Gasteiger partial charge in [-0.15, -0.1) is 0 Å². The van der Waals surface area contributed by atoms with Crippen molar-refractivity contribution in [1.82, 2.24) is 14.4 Å². The number of carbonyl (C=O) groups excluding carboxylic acids is 1. The van der Waals surface area contributed by atoms with Crippen LogP contribution < -0.4 is 5.56 Å². The minimum atomic E-state index is -0.675. The van der Waals surface area contributed by atoms with Gasteiger partial charge in [0.25, 0.3) is 5.56 Å². The molecule has 2 aliphatic rings. The highest BCUT2D eigenvalue weighted by molar-refractivity contribution is 6.45. The molecule has 142 valence electrons. The molecular formula is C19H24BN3O4. The van der Waals surface area contributed by atoms with Crippen LogP contribution in [0.25, 0.3) is 11.0 Å². The van der Waals surface area contributed by atoms with Crippen molar-refractivity contribution in [2.75, 3.05) is 6.61 Å². The van der Waals surface area contributed by atoms with Gasteiger partial charge in [0.2, 0.25) is 5.69 Å². The zero-order valence-corrected chi connectivity index (χ0v) is 15.7. The Kier molecular flexibility index (Phi) is 4.78. The van der Waals surface area contributed by atoms with Gasteiger partial charge in [-0.3, -0.25) is 4.79 Å². The van der Waals surface area contributed by atoms with Crippen LogP contribution in [0.1, 0.15) is 49.1 Å². The number of aromatic nitrogens is 2. The van der Waals surface area contributed by atoms with Gasteiger partial charge in [-0.25, -0.2) is 9.78 Å². The van der Waals surface area contributed by atoms with Crippen molar-refractivity contribution in [3.05, 3.63) is 40.3 Å². The first kappa shape index (κ1) is 18.2. The number of rotatable bonds is 4. The second-order valence-electron chi connectivity index (χ2n) is 7.43. The summed E-state index contributed by atoms with van der Waals surface area (Å²) in [4.78, 5) is 31.9. The first-order chi connectivity index (χ1) is 13.0. The van der Waals surface area contributed by atoms with Gasteiger partial charge in [0.15, 0.2) is 0 Å². The van der Waals surface area contributed by atoms with Crippen LogP contribution in [0.4, 0.5) is 0 Å². The fraction of sp³-hybridized carbons (Fsp3) is 0.526. The highest BCUT2D eigenvalue weighted by Gasteiger charge is 2.44. The molecule has 0 saturated carbocycles. The third-order valence-electron chi connectivity index (χ3n) is 5.82. The maximum absolute atomic E-state index is 13.2. The molecule has 2 bridgehead atoms. The predicted octanol–water partition coefficient (Wildman–Crippen LogP) is 1.85. The summed E-state index contributed by atoms with van der Waals surface area (Å²) in [7, 11) is -0.482. The molecule has 0 aliphatic carbocycles. The number of hydrogen-bond acceptors (Lipinski definition) is 6. The quantitative estimate of drug-likeness (QED) is 0.654. The maximum atomic E-state index is 13.2. The molecule has 1 N–H and O–H groups in total. The molecule has 8 heteroatoms. The molecule has 0 radical (unpaired) electrons. The van der Waals surface area contributed by atoms with E-state index in [0.29, 0.717) is 5.52 Å². The first-order valence-corrected chi connectivity index (χ1v) is 9.65. The average Bonchev–Trinajstić information content (AvgIpc) is 2.92. The van der Waals surface area contributed by atoms with Gasteiger partial charge in [0.05, 0.1) is 17.6 Å². The Morgan fingerprint density at radius 2 is 1.93 bits per heavy atom. The van der Waals surface area contributed by atoms with E-state index >= 15 is 0 Å². The number of carbonyl (C=O) groups is 1. The molecule has 1 aromatic carbocycles. The molecule has 1 unspecified atom stereocenters. The number of ether oxygens (including phenoxy) is 1. The number of para-hydroxylation sites is 2. The average molecular weight is 369 g/mol. The van der Waals surface area contributed by atoms with Crippen LogP contribution in [0.5, 0.6) is 0 Å². The molecule has 1 aromatic heterocycles. The Hall–Kier alpha value is -2.19. The second kappa shape index (κ2) is 7.09. The summed E-state index contributed by atoms with van der Waals surface area (Å²) in [5.74, 6) is -0.675. The Labute approximate surface area is 158 Å². The number of benzene rings is 1. The van der Waals surface area contributed by atoms with Crippen molar-refractivity contribution in [1.29, 1.82) is 0 Å². The third-order valence-corrected chi connectivity index (χ3v) is 5.82. The van der Waals surface area contributed by atoms with E-state index in [0.717, 1.165) is 31.2 Å². The lowest BCUT2D eigenvalue weighted by Crippen LogP contribution is -2.51. The van der Waals surface area contributed by atoms with Crippen molar-refractivity contribution in [3.8, 4) is 0 Å². The molecule has 3 heterocycles. The molecular weight excluding hydrogens is 345 g/mol. The van der Waals surface area contributed by atoms with Crippen molar-refractivity contribution in [2.24, 2.45) is 0 Å². The molecule has 0 spiro atoms. The molecule has 2 saturated heterocycles. The van der Waals surface area contributed by atoms with E-state index in [2.05, 4.69) is 9.79 Å². The summed E-state index contributed by atoms with van der Waals surface area (Å²) in [6.45, 7) is 3.71. The lowest BCUT2D eigenvalue weighted by Gasteiger charge is -2.40. The summed E-state index contributed by atoms with van der Waals surface area (Å²) in [5, 5.41) is 10.1. The molecule has 0 amide bonds. The van der Waals surface area contributed by atoms with E-state index < -0.39 is 13.0 Å². The normalized spacial score (nSPS) is 24.9. The van der Waals surface area contributed by atoms with Crippen molar-refractivity contribution in [2.45, 2.75) is 57.6 Å². The molecule has 2 fully saturated rings. The Bertz CT molecular complexity index is 915. The number of nitrogens with zero attached hydrogens (tertiary/aromatic N) is 3. The summed E-state index contributed by atoms with van der Waals surface area (Å²) in [6, 6.07) is 7.89. The van der Waals surface area contributed by atoms with Gasteiger partial charge >= 0.3 is 13.0 Å². The van der Waals surface area contributed by atoms with Crippen LogP contribution in [0.15, 0.2) is 29.1 Å². The lowest BCUT2D eigenvalue weighted by molar-refractivity contribution is 0.0516. The number of hydrogen-bond donors (Lipinski definition) is 1. The summed E-state index contributed by atoms with van der Waals surface area (Å²) in [6.07, 6.45) is 3.60. The highest BCUT2D eigenvalue weighted by atomic mass is 16.5. The predicted molar refractivity (Wildman–Crippen MR) is 103 cm³/mol. The van der Waals surface area contributed by atoms with Gasteiger partial charge in [-0.1, -0.05) is 12.1 Å². The van der Waals surface area contributed by atoms with E-state index in [1.165, 1.54) is 0 Å². The maximum Gasteiger partial charge on any atom is 0.376 e. The zero-order chi connectivity index (χ0) is 19.1. The summed E-state index contributed by atoms with van der Waals surface area (Å²) >= 11 is 0. The van der Waals surface area contributed by atoms with E-state index in [1.807, 2.05) is 24.3 Å². The van der Waals surface area contributed by atoms with Crippen LogP contribution in [-0.2, 0) is 4.74 Å². The molecule has 3 atom stereocenters. The Balaban J connectivity index is 1.81. The molecule has 27 heavy (non-hydrogen) atoms. The van der Waals surface area contributed by atoms with Gasteiger partial charge in [0, 0.05) is 18.1 Å². The summed E-state index contributed by atoms with van der Waals surface area (Å²) < 4.78 is 6.78. The number of esters is 1. The van der Waals surface area contributed by atoms with Gasteiger partial charge in [0.1, 0.15) is 0 Å². The van der Waals surface area contributed by atoms with Crippen molar-refractivity contribution in [3.63, 3.8) is 0 Å². The topological polar surface area (TPSA) is 84.7 Å². The van der Waals surface area contributed by atoms with Crippen molar-refractivity contribution >= 4 is 24.1 Å². The van der Waals surface area contributed by atoms with Gasteiger partial charge < -0.3 is 19.1 Å². The lowest BCUT2D eigenvalue weighted by atomic mass is 9.78. The van der Waals surface area contributed by atoms with Crippen LogP contribution >= 0.6 is 0 Å². The second-order valence-corrected chi connectivity index (χ2v) is 7.43. The van der Waals surface area contributed by atoms with Crippen LogP contribution in [0.2, 0.25) is 6.82 Å². The van der Waals surface area contributed by atoms with Crippen LogP contribution in [0.3, 0.4) is 0 Å². The highest BCUT2D eigenvalue weighted by Crippen LogP contribution is 2.41. The molecule has 2 aliphatic heterocycles. The minimum Gasteiger partial charge on any atom is -0.461 e. The standard InChI is InChI=1S/C19H24BN3O4/c1-3-27-19(25)17-18(24)22(16-7-5-4-6-15(16)21-17)14-10-12-8-9-13(11-14)23(12)20(2)26/h4-7,12-14,26H,3,8-11H2,1-2H3/t12-,13+,14?. The summed E-state index contributed by atoms with van der Waals surface area (Å²) in [5.41, 5.74) is 0.818. The first-order valence-electron chi connectivity index (χ1n) is 9.65. The number of fused-ring (bicyclic) bond motifs is 3. The molecule has 2 aromatic rings. The third kappa shape index (κ3) is 3.06. The molecule has 4 rings (SSSR count). The SMILES string of the molecule is CCOC(=O)c1nc2ccccc2n(C2C[C@H]3CC[C@@H](C2)N3B(C)O)c1=O. The Morgan fingerprint density at radius 1 is 1.26 bits per heavy atom. The van der Waals surface area contributed by atoms with Crippen LogP contribution in [0, 0.1) is 0 Å². The van der Waals surface area contributed by atoms with E-state index in [1.54, 1.807) is 18.3 Å². The smallest absolute Gasteiger partial charge is 0.376 e. The van der Waals surface area contributed by atoms with Gasteiger partial charge in [-0.05, 0) is 51.6 Å². The van der Waals surface area contributed by atoms with Crippen LogP contribution in [-0.4, -0.2) is 51.1 Å². The number of piperidine rings is 1. The van der Waals surface area contributed by atoms with E-state index in [9.17, 15) is 14.6 Å². The van der Waals surface area contributed by atoms with E-state index in [-0.39, 0.29) is 36.0 Å². The zero-order valence-electron chi connectivity index (χ0n) is 15.7. The largest absolute Gasteiger partial charge is 0.461 e. The van der Waals surface area contributed by atoms with E-state index in [4.69, 9.17) is 4.74 Å². The molecule has 7 nitrogen and oxygen atoms in total. The Morgan fingerprint density at radius 3 is 2.56 bits per heavy atom.